The Morgan fingerprint density at radius 2 is 2.09 bits per heavy atom. The van der Waals surface area contributed by atoms with Gasteiger partial charge in [-0.25, -0.2) is 5.10 Å². The molecule has 8 heteroatoms. The van der Waals surface area contributed by atoms with Gasteiger partial charge in [-0.3, -0.25) is 4.79 Å². The number of fused-ring (bicyclic) bond motifs is 1. The van der Waals surface area contributed by atoms with Gasteiger partial charge >= 0.3 is 0 Å². The number of anilines is 1. The Balaban J connectivity index is 1.68. The molecule has 0 radical (unpaired) electrons. The van der Waals surface area contributed by atoms with Crippen LogP contribution in [0.2, 0.25) is 10.0 Å². The number of nitrogens with one attached hydrogen (secondary N) is 2. The first-order valence-corrected chi connectivity index (χ1v) is 7.46. The van der Waals surface area contributed by atoms with Crippen molar-refractivity contribution in [2.75, 3.05) is 25.1 Å². The van der Waals surface area contributed by atoms with Crippen molar-refractivity contribution in [3.8, 4) is 11.5 Å². The molecule has 0 spiro atoms. The molecule has 0 fully saturated rings. The van der Waals surface area contributed by atoms with Gasteiger partial charge in [0.2, 0.25) is 0 Å². The first-order valence-electron chi connectivity index (χ1n) is 6.70. The van der Waals surface area contributed by atoms with Crippen molar-refractivity contribution in [3.63, 3.8) is 0 Å². The SMILES string of the molecule is O=c1[nH]ncc(NCCc2cc(Cl)c3c(c2)OCCO3)c1Cl. The van der Waals surface area contributed by atoms with Crippen LogP contribution in [0.15, 0.2) is 23.1 Å². The molecule has 1 aliphatic heterocycles. The van der Waals surface area contributed by atoms with Crippen LogP contribution in [0.3, 0.4) is 0 Å². The number of nitrogens with zero attached hydrogens (tertiary/aromatic N) is 1. The molecule has 2 heterocycles. The Bertz CT molecular complexity index is 749. The van der Waals surface area contributed by atoms with Crippen molar-refractivity contribution in [3.05, 3.63) is 44.3 Å². The van der Waals surface area contributed by atoms with Crippen LogP contribution in [0.25, 0.3) is 0 Å². The lowest BCUT2D eigenvalue weighted by Gasteiger charge is -2.20. The largest absolute Gasteiger partial charge is 0.486 e. The van der Waals surface area contributed by atoms with Crippen molar-refractivity contribution in [2.45, 2.75) is 6.42 Å². The Labute approximate surface area is 136 Å². The van der Waals surface area contributed by atoms with E-state index in [0.717, 1.165) is 5.56 Å². The highest BCUT2D eigenvalue weighted by molar-refractivity contribution is 6.33. The summed E-state index contributed by atoms with van der Waals surface area (Å²) in [5, 5.41) is 9.66. The summed E-state index contributed by atoms with van der Waals surface area (Å²) in [5.74, 6) is 1.25. The molecule has 2 N–H and O–H groups in total. The van der Waals surface area contributed by atoms with Crippen molar-refractivity contribution >= 4 is 28.9 Å². The predicted molar refractivity (Wildman–Crippen MR) is 84.5 cm³/mol. The van der Waals surface area contributed by atoms with Gasteiger partial charge in [0.1, 0.15) is 18.2 Å². The molecule has 1 aromatic heterocycles. The number of rotatable bonds is 4. The molecule has 1 aliphatic rings. The third-order valence-corrected chi connectivity index (χ3v) is 3.84. The minimum absolute atomic E-state index is 0.0928. The molecule has 0 saturated heterocycles. The average molecular weight is 342 g/mol. The molecule has 6 nitrogen and oxygen atoms in total. The number of hydrogen-bond donors (Lipinski definition) is 2. The molecular weight excluding hydrogens is 329 g/mol. The molecule has 3 rings (SSSR count). The molecule has 22 heavy (non-hydrogen) atoms. The first kappa shape index (κ1) is 15.0. The Morgan fingerprint density at radius 3 is 2.95 bits per heavy atom. The smallest absolute Gasteiger partial charge is 0.285 e. The number of aromatic nitrogens is 2. The number of aromatic amines is 1. The maximum Gasteiger partial charge on any atom is 0.285 e. The first-order chi connectivity index (χ1) is 10.6. The van der Waals surface area contributed by atoms with Crippen LogP contribution in [-0.2, 0) is 6.42 Å². The van der Waals surface area contributed by atoms with E-state index in [1.54, 1.807) is 0 Å². The van der Waals surface area contributed by atoms with Gasteiger partial charge in [-0.2, -0.15) is 5.10 Å². The van der Waals surface area contributed by atoms with E-state index >= 15 is 0 Å². The Hall–Kier alpha value is -1.92. The highest BCUT2D eigenvalue weighted by atomic mass is 35.5. The number of H-pyrrole nitrogens is 1. The van der Waals surface area contributed by atoms with Gasteiger partial charge in [0.05, 0.1) is 16.9 Å². The normalized spacial score (nSPS) is 13.0. The standard InChI is InChI=1S/C14H13Cl2N3O3/c15-9-5-8(6-11-13(9)22-4-3-21-11)1-2-17-10-7-18-19-14(20)12(10)16/h5-7H,1-4H2,(H2,17,19,20). The van der Waals surface area contributed by atoms with Crippen LogP contribution in [0, 0.1) is 0 Å². The maximum atomic E-state index is 11.3. The second-order valence-corrected chi connectivity index (χ2v) is 5.49. The second-order valence-electron chi connectivity index (χ2n) is 4.71. The molecule has 116 valence electrons. The van der Waals surface area contributed by atoms with Crippen molar-refractivity contribution < 1.29 is 9.47 Å². The van der Waals surface area contributed by atoms with E-state index in [1.165, 1.54) is 6.20 Å². The van der Waals surface area contributed by atoms with Crippen LogP contribution >= 0.6 is 23.2 Å². The lowest BCUT2D eigenvalue weighted by atomic mass is 10.1. The average Bonchev–Trinajstić information content (AvgIpc) is 2.52. The van der Waals surface area contributed by atoms with E-state index in [2.05, 4.69) is 15.5 Å². The summed E-state index contributed by atoms with van der Waals surface area (Å²) in [5.41, 5.74) is 1.07. The lowest BCUT2D eigenvalue weighted by Crippen LogP contribution is -2.16. The molecule has 0 unspecified atom stereocenters. The summed E-state index contributed by atoms with van der Waals surface area (Å²) >= 11 is 12.1. The van der Waals surface area contributed by atoms with Gasteiger partial charge in [-0.05, 0) is 24.1 Å². The Morgan fingerprint density at radius 1 is 1.27 bits per heavy atom. The molecule has 0 amide bonds. The van der Waals surface area contributed by atoms with Gasteiger partial charge < -0.3 is 14.8 Å². The van der Waals surface area contributed by atoms with Crippen molar-refractivity contribution in [1.82, 2.24) is 10.2 Å². The second kappa shape index (κ2) is 6.46. The molecule has 0 atom stereocenters. The number of benzene rings is 1. The van der Waals surface area contributed by atoms with E-state index in [4.69, 9.17) is 32.7 Å². The summed E-state index contributed by atoms with van der Waals surface area (Å²) in [4.78, 5) is 11.3. The van der Waals surface area contributed by atoms with Gasteiger partial charge in [0, 0.05) is 6.54 Å². The fourth-order valence-electron chi connectivity index (χ4n) is 2.16. The topological polar surface area (TPSA) is 76.2 Å². The summed E-state index contributed by atoms with van der Waals surface area (Å²) in [7, 11) is 0. The highest BCUT2D eigenvalue weighted by Gasteiger charge is 2.16. The molecule has 0 bridgehead atoms. The molecule has 0 saturated carbocycles. The Kier molecular flexibility index (Phi) is 4.40. The van der Waals surface area contributed by atoms with E-state index in [0.29, 0.717) is 48.4 Å². The predicted octanol–water partition coefficient (Wildman–Crippen LogP) is 2.50. The van der Waals surface area contributed by atoms with E-state index in [9.17, 15) is 4.79 Å². The minimum atomic E-state index is -0.422. The van der Waals surface area contributed by atoms with E-state index in [-0.39, 0.29) is 5.02 Å². The fraction of sp³-hybridized carbons (Fsp3) is 0.286. The quantitative estimate of drug-likeness (QED) is 0.893. The molecule has 0 aliphatic carbocycles. The summed E-state index contributed by atoms with van der Waals surface area (Å²) < 4.78 is 11.0. The van der Waals surface area contributed by atoms with Crippen molar-refractivity contribution in [1.29, 1.82) is 0 Å². The zero-order chi connectivity index (χ0) is 15.5. The highest BCUT2D eigenvalue weighted by Crippen LogP contribution is 2.38. The van der Waals surface area contributed by atoms with E-state index in [1.807, 2.05) is 12.1 Å². The number of hydrogen-bond acceptors (Lipinski definition) is 5. The van der Waals surface area contributed by atoms with Crippen LogP contribution < -0.4 is 20.3 Å². The van der Waals surface area contributed by atoms with E-state index < -0.39 is 5.56 Å². The molecular formula is C14H13Cl2N3O3. The maximum absolute atomic E-state index is 11.3. The van der Waals surface area contributed by atoms with Gasteiger partial charge in [-0.1, -0.05) is 23.2 Å². The van der Waals surface area contributed by atoms with Gasteiger partial charge in [-0.15, -0.1) is 0 Å². The fourth-order valence-corrected chi connectivity index (χ4v) is 2.60. The van der Waals surface area contributed by atoms with Crippen LogP contribution in [-0.4, -0.2) is 30.0 Å². The third kappa shape index (κ3) is 3.13. The summed E-state index contributed by atoms with van der Waals surface area (Å²) in [6.45, 7) is 1.58. The third-order valence-electron chi connectivity index (χ3n) is 3.18. The molecule has 2 aromatic rings. The molecule has 1 aromatic carbocycles. The zero-order valence-electron chi connectivity index (χ0n) is 11.5. The number of halogens is 2. The van der Waals surface area contributed by atoms with Crippen molar-refractivity contribution in [2.24, 2.45) is 0 Å². The van der Waals surface area contributed by atoms with Crippen LogP contribution in [0.4, 0.5) is 5.69 Å². The van der Waals surface area contributed by atoms with Crippen LogP contribution in [0.5, 0.6) is 11.5 Å². The van der Waals surface area contributed by atoms with Gasteiger partial charge in [0.15, 0.2) is 11.5 Å². The van der Waals surface area contributed by atoms with Crippen LogP contribution in [0.1, 0.15) is 5.56 Å². The minimum Gasteiger partial charge on any atom is -0.486 e. The monoisotopic (exact) mass is 341 g/mol. The zero-order valence-corrected chi connectivity index (χ0v) is 13.0. The van der Waals surface area contributed by atoms with Gasteiger partial charge in [0.25, 0.3) is 5.56 Å². The lowest BCUT2D eigenvalue weighted by molar-refractivity contribution is 0.171. The number of ether oxygens (including phenoxy) is 2. The summed E-state index contributed by atoms with van der Waals surface area (Å²) in [6.07, 6.45) is 2.15. The summed E-state index contributed by atoms with van der Waals surface area (Å²) in [6, 6.07) is 3.74.